The van der Waals surface area contributed by atoms with Crippen LogP contribution in [0, 0.1) is 22.7 Å². The first-order chi connectivity index (χ1) is 23.7. The molecular weight excluding hydrogens is 585 g/mol. The maximum absolute atomic E-state index is 10.5. The highest BCUT2D eigenvalue weighted by Gasteiger charge is 2.21. The zero-order valence-corrected chi connectivity index (χ0v) is 25.8. The predicted molar refractivity (Wildman–Crippen MR) is 195 cm³/mol. The third-order valence-electron chi connectivity index (χ3n) is 9.40. The molecule has 4 heteroatoms. The van der Waals surface area contributed by atoms with Gasteiger partial charge in [0.15, 0.2) is 0 Å². The molecule has 0 aliphatic heterocycles. The standard InChI is InChI=1S/C44H26N4/c45-27-29-23-24-42-38(25-29)36-17-5-6-19-39(36)47(42)32-13-9-11-30(26-32)33-14-1-2-18-37(33)44-31(28-46)12-10-22-43(44)48-40-20-7-3-15-34(40)35-16-4-8-21-41(35)48/h1-26H. The van der Waals surface area contributed by atoms with Gasteiger partial charge in [-0.25, -0.2) is 0 Å². The monoisotopic (exact) mass is 610 g/mol. The zero-order chi connectivity index (χ0) is 32.2. The highest BCUT2D eigenvalue weighted by atomic mass is 15.0. The molecule has 9 rings (SSSR count). The summed E-state index contributed by atoms with van der Waals surface area (Å²) in [5, 5.41) is 24.6. The summed E-state index contributed by atoms with van der Waals surface area (Å²) < 4.78 is 4.56. The van der Waals surface area contributed by atoms with Crippen molar-refractivity contribution in [3.63, 3.8) is 0 Å². The highest BCUT2D eigenvalue weighted by molar-refractivity contribution is 6.11. The lowest BCUT2D eigenvalue weighted by atomic mass is 9.90. The molecule has 0 radical (unpaired) electrons. The smallest absolute Gasteiger partial charge is 0.0998 e. The summed E-state index contributed by atoms with van der Waals surface area (Å²) in [6.45, 7) is 0. The topological polar surface area (TPSA) is 57.4 Å². The van der Waals surface area contributed by atoms with E-state index in [1.165, 1.54) is 10.8 Å². The van der Waals surface area contributed by atoms with Gasteiger partial charge in [0.25, 0.3) is 0 Å². The van der Waals surface area contributed by atoms with Crippen LogP contribution in [0.1, 0.15) is 11.1 Å². The normalized spacial score (nSPS) is 11.3. The van der Waals surface area contributed by atoms with Gasteiger partial charge in [-0.05, 0) is 77.4 Å². The van der Waals surface area contributed by atoms with E-state index in [0.717, 1.165) is 66.5 Å². The van der Waals surface area contributed by atoms with Gasteiger partial charge in [-0.3, -0.25) is 0 Å². The average Bonchev–Trinajstić information content (AvgIpc) is 3.67. The van der Waals surface area contributed by atoms with E-state index in [1.807, 2.05) is 42.5 Å². The lowest BCUT2D eigenvalue weighted by molar-refractivity contribution is 1.18. The van der Waals surface area contributed by atoms with E-state index in [2.05, 4.69) is 137 Å². The fourth-order valence-corrected chi connectivity index (χ4v) is 7.37. The molecule has 0 saturated carbocycles. The van der Waals surface area contributed by atoms with Crippen molar-refractivity contribution >= 4 is 43.6 Å². The second kappa shape index (κ2) is 10.9. The Morgan fingerprint density at radius 3 is 1.69 bits per heavy atom. The van der Waals surface area contributed by atoms with Crippen LogP contribution in [0.5, 0.6) is 0 Å². The second-order valence-electron chi connectivity index (χ2n) is 12.0. The summed E-state index contributed by atoms with van der Waals surface area (Å²) in [4.78, 5) is 0. The van der Waals surface area contributed by atoms with Crippen LogP contribution < -0.4 is 0 Å². The van der Waals surface area contributed by atoms with Crippen LogP contribution in [0.2, 0.25) is 0 Å². The number of aromatic nitrogens is 2. The number of benzene rings is 7. The van der Waals surface area contributed by atoms with Gasteiger partial charge in [0.05, 0.1) is 51.0 Å². The maximum atomic E-state index is 10.5. The number of rotatable bonds is 4. The molecule has 0 atom stereocenters. The van der Waals surface area contributed by atoms with Gasteiger partial charge >= 0.3 is 0 Å². The Morgan fingerprint density at radius 1 is 0.417 bits per heavy atom. The lowest BCUT2D eigenvalue weighted by Gasteiger charge is -2.19. The van der Waals surface area contributed by atoms with Crippen molar-refractivity contribution in [2.45, 2.75) is 0 Å². The SMILES string of the molecule is N#Cc1ccc2c(c1)c1ccccc1n2-c1cccc(-c2ccccc2-c2c(C#N)cccc2-n2c3ccccc3c3ccccc32)c1. The van der Waals surface area contributed by atoms with Crippen LogP contribution >= 0.6 is 0 Å². The van der Waals surface area contributed by atoms with Gasteiger partial charge in [0, 0.05) is 32.8 Å². The fourth-order valence-electron chi connectivity index (χ4n) is 7.37. The van der Waals surface area contributed by atoms with Crippen molar-refractivity contribution in [1.29, 1.82) is 10.5 Å². The van der Waals surface area contributed by atoms with E-state index in [4.69, 9.17) is 0 Å². The summed E-state index contributed by atoms with van der Waals surface area (Å²) in [5.74, 6) is 0. The fraction of sp³-hybridized carbons (Fsp3) is 0. The molecule has 0 bridgehead atoms. The Labute approximate surface area is 277 Å². The Kier molecular flexibility index (Phi) is 6.22. The van der Waals surface area contributed by atoms with Gasteiger partial charge in [0.1, 0.15) is 0 Å². The molecule has 0 unspecified atom stereocenters. The molecule has 48 heavy (non-hydrogen) atoms. The van der Waals surface area contributed by atoms with Crippen LogP contribution in [-0.4, -0.2) is 9.13 Å². The Hall–Kier alpha value is -6.88. The first kappa shape index (κ1) is 27.4. The molecule has 4 nitrogen and oxygen atoms in total. The number of hydrogen-bond donors (Lipinski definition) is 0. The van der Waals surface area contributed by atoms with E-state index in [9.17, 15) is 10.5 Å². The second-order valence-corrected chi connectivity index (χ2v) is 12.0. The first-order valence-electron chi connectivity index (χ1n) is 15.9. The number of hydrogen-bond acceptors (Lipinski definition) is 2. The van der Waals surface area contributed by atoms with Gasteiger partial charge in [-0.15, -0.1) is 0 Å². The predicted octanol–water partition coefficient (Wildman–Crippen LogP) is 11.0. The molecule has 2 heterocycles. The van der Waals surface area contributed by atoms with Gasteiger partial charge in [-0.1, -0.05) is 97.1 Å². The van der Waals surface area contributed by atoms with E-state index >= 15 is 0 Å². The van der Waals surface area contributed by atoms with Crippen molar-refractivity contribution in [2.24, 2.45) is 0 Å². The van der Waals surface area contributed by atoms with Crippen molar-refractivity contribution < 1.29 is 0 Å². The first-order valence-corrected chi connectivity index (χ1v) is 15.9. The Bertz CT molecular complexity index is 2760. The molecule has 7 aromatic carbocycles. The molecule has 0 aliphatic rings. The third kappa shape index (κ3) is 4.07. The molecule has 0 N–H and O–H groups in total. The van der Waals surface area contributed by atoms with Crippen LogP contribution in [0.4, 0.5) is 0 Å². The van der Waals surface area contributed by atoms with E-state index in [0.29, 0.717) is 11.1 Å². The minimum absolute atomic E-state index is 0.619. The molecule has 0 aliphatic carbocycles. The summed E-state index contributed by atoms with van der Waals surface area (Å²) in [6, 6.07) is 58.9. The Morgan fingerprint density at radius 2 is 1.00 bits per heavy atom. The third-order valence-corrected chi connectivity index (χ3v) is 9.40. The number of nitriles is 2. The van der Waals surface area contributed by atoms with Crippen LogP contribution in [0.3, 0.4) is 0 Å². The highest BCUT2D eigenvalue weighted by Crippen LogP contribution is 2.42. The van der Waals surface area contributed by atoms with Crippen molar-refractivity contribution in [3.05, 3.63) is 169 Å². The number of para-hydroxylation sites is 3. The minimum Gasteiger partial charge on any atom is -0.309 e. The lowest BCUT2D eigenvalue weighted by Crippen LogP contribution is -2.00. The van der Waals surface area contributed by atoms with Crippen molar-refractivity contribution in [3.8, 4) is 45.8 Å². The molecule has 9 aromatic rings. The zero-order valence-electron chi connectivity index (χ0n) is 25.8. The van der Waals surface area contributed by atoms with E-state index in [1.54, 1.807) is 0 Å². The molecule has 0 amide bonds. The molecule has 2 aromatic heterocycles. The van der Waals surface area contributed by atoms with Gasteiger partial charge in [0.2, 0.25) is 0 Å². The number of fused-ring (bicyclic) bond motifs is 6. The van der Waals surface area contributed by atoms with Gasteiger partial charge < -0.3 is 9.13 Å². The molecule has 0 fully saturated rings. The van der Waals surface area contributed by atoms with Gasteiger partial charge in [-0.2, -0.15) is 10.5 Å². The largest absolute Gasteiger partial charge is 0.309 e. The van der Waals surface area contributed by atoms with Crippen molar-refractivity contribution in [1.82, 2.24) is 9.13 Å². The summed E-state index contributed by atoms with van der Waals surface area (Å²) in [6.07, 6.45) is 0. The average molecular weight is 611 g/mol. The quantitative estimate of drug-likeness (QED) is 0.199. The molecule has 0 saturated heterocycles. The molecular formula is C44H26N4. The minimum atomic E-state index is 0.619. The summed E-state index contributed by atoms with van der Waals surface area (Å²) >= 11 is 0. The summed E-state index contributed by atoms with van der Waals surface area (Å²) in [7, 11) is 0. The number of nitrogens with zero attached hydrogens (tertiary/aromatic N) is 4. The van der Waals surface area contributed by atoms with Crippen LogP contribution in [0.25, 0.3) is 77.2 Å². The van der Waals surface area contributed by atoms with E-state index in [-0.39, 0.29) is 0 Å². The molecule has 0 spiro atoms. The molecule has 222 valence electrons. The maximum Gasteiger partial charge on any atom is 0.0998 e. The van der Waals surface area contributed by atoms with E-state index < -0.39 is 0 Å². The van der Waals surface area contributed by atoms with Crippen molar-refractivity contribution in [2.75, 3.05) is 0 Å². The van der Waals surface area contributed by atoms with Crippen LogP contribution in [-0.2, 0) is 0 Å². The Balaban J connectivity index is 1.29. The van der Waals surface area contributed by atoms with Crippen LogP contribution in [0.15, 0.2) is 158 Å². The summed E-state index contributed by atoms with van der Waals surface area (Å²) in [5.41, 5.74) is 11.5.